The number of rotatable bonds is 8. The van der Waals surface area contributed by atoms with Crippen LogP contribution in [-0.2, 0) is 13.0 Å². The highest BCUT2D eigenvalue weighted by atomic mass is 16.5. The number of para-hydroxylation sites is 2. The number of methoxy groups -OCH3 is 3. The summed E-state index contributed by atoms with van der Waals surface area (Å²) in [5.74, 6) is 3.18. The second-order valence-electron chi connectivity index (χ2n) is 8.37. The molecule has 0 bridgehead atoms. The van der Waals surface area contributed by atoms with Crippen LogP contribution >= 0.6 is 0 Å². The first-order valence-electron chi connectivity index (χ1n) is 11.6. The molecule has 0 saturated carbocycles. The molecular weight excluding hydrogens is 462 g/mol. The van der Waals surface area contributed by atoms with E-state index >= 15 is 0 Å². The molecule has 36 heavy (non-hydrogen) atoms. The van der Waals surface area contributed by atoms with E-state index in [1.165, 1.54) is 6.26 Å². The lowest BCUT2D eigenvalue weighted by Gasteiger charge is -2.29. The van der Waals surface area contributed by atoms with Crippen LogP contribution in [-0.4, -0.2) is 39.5 Å². The highest BCUT2D eigenvalue weighted by Crippen LogP contribution is 2.34. The van der Waals surface area contributed by atoms with Crippen LogP contribution in [0.3, 0.4) is 0 Å². The molecular formula is C28H27NO7. The van der Waals surface area contributed by atoms with E-state index in [9.17, 15) is 4.79 Å². The zero-order valence-electron chi connectivity index (χ0n) is 20.4. The van der Waals surface area contributed by atoms with Gasteiger partial charge in [0.25, 0.3) is 0 Å². The maximum absolute atomic E-state index is 13.2. The molecule has 8 nitrogen and oxygen atoms in total. The van der Waals surface area contributed by atoms with Gasteiger partial charge in [-0.15, -0.1) is 0 Å². The molecule has 0 saturated heterocycles. The van der Waals surface area contributed by atoms with Crippen LogP contribution in [0.4, 0.5) is 0 Å². The summed E-state index contributed by atoms with van der Waals surface area (Å²) < 4.78 is 33.8. The minimum absolute atomic E-state index is 0.0917. The van der Waals surface area contributed by atoms with E-state index in [2.05, 4.69) is 4.90 Å². The minimum Gasteiger partial charge on any atom is -0.493 e. The van der Waals surface area contributed by atoms with Gasteiger partial charge in [0, 0.05) is 13.1 Å². The topological polar surface area (TPSA) is 79.6 Å². The van der Waals surface area contributed by atoms with Crippen LogP contribution in [0, 0.1) is 0 Å². The fourth-order valence-corrected chi connectivity index (χ4v) is 4.30. The fourth-order valence-electron chi connectivity index (χ4n) is 4.30. The van der Waals surface area contributed by atoms with E-state index in [1.807, 2.05) is 36.4 Å². The van der Waals surface area contributed by atoms with E-state index in [0.29, 0.717) is 53.0 Å². The molecule has 1 aromatic heterocycles. The van der Waals surface area contributed by atoms with E-state index in [0.717, 1.165) is 24.1 Å². The van der Waals surface area contributed by atoms with Gasteiger partial charge in [0.1, 0.15) is 24.3 Å². The predicted molar refractivity (Wildman–Crippen MR) is 135 cm³/mol. The molecule has 0 unspecified atom stereocenters. The molecule has 1 aliphatic heterocycles. The maximum Gasteiger partial charge on any atom is 0.235 e. The predicted octanol–water partition coefficient (Wildman–Crippen LogP) is 5.01. The van der Waals surface area contributed by atoms with Crippen LogP contribution in [0.15, 0.2) is 70.1 Å². The number of hydrogen-bond acceptors (Lipinski definition) is 8. The lowest BCUT2D eigenvalue weighted by Crippen LogP contribution is -2.33. The Kier molecular flexibility index (Phi) is 6.69. The van der Waals surface area contributed by atoms with E-state index in [1.54, 1.807) is 39.5 Å². The van der Waals surface area contributed by atoms with Crippen molar-refractivity contribution in [1.82, 2.24) is 4.90 Å². The Bertz CT molecular complexity index is 1450. The summed E-state index contributed by atoms with van der Waals surface area (Å²) in [5.41, 5.74) is 2.21. The Hall–Kier alpha value is -4.17. The van der Waals surface area contributed by atoms with Crippen molar-refractivity contribution in [3.8, 4) is 34.5 Å². The van der Waals surface area contributed by atoms with Crippen LogP contribution in [0.1, 0.15) is 11.1 Å². The van der Waals surface area contributed by atoms with Gasteiger partial charge in [0.05, 0.1) is 32.3 Å². The van der Waals surface area contributed by atoms with Gasteiger partial charge in [-0.2, -0.15) is 0 Å². The SMILES string of the molecule is COc1ccc(CCN2COc3ccc4c(=O)c(Oc5ccccc5OC)coc4c3C2)cc1OC. The smallest absolute Gasteiger partial charge is 0.235 e. The third-order valence-corrected chi connectivity index (χ3v) is 6.21. The lowest BCUT2D eigenvalue weighted by atomic mass is 10.1. The number of hydrogen-bond donors (Lipinski definition) is 0. The highest BCUT2D eigenvalue weighted by molar-refractivity contribution is 5.83. The first kappa shape index (κ1) is 23.6. The summed E-state index contributed by atoms with van der Waals surface area (Å²) in [4.78, 5) is 15.4. The molecule has 8 heteroatoms. The summed E-state index contributed by atoms with van der Waals surface area (Å²) >= 11 is 0. The van der Waals surface area contributed by atoms with E-state index in [4.69, 9.17) is 28.1 Å². The minimum atomic E-state index is -0.257. The zero-order valence-corrected chi connectivity index (χ0v) is 20.4. The molecule has 0 atom stereocenters. The molecule has 186 valence electrons. The summed E-state index contributed by atoms with van der Waals surface area (Å²) in [6, 6.07) is 16.6. The molecule has 0 fully saturated rings. The fraction of sp³-hybridized carbons (Fsp3) is 0.250. The molecule has 0 amide bonds. The van der Waals surface area contributed by atoms with Crippen molar-refractivity contribution in [3.63, 3.8) is 0 Å². The highest BCUT2D eigenvalue weighted by Gasteiger charge is 2.23. The van der Waals surface area contributed by atoms with Crippen LogP contribution < -0.4 is 29.1 Å². The second kappa shape index (κ2) is 10.2. The van der Waals surface area contributed by atoms with Crippen molar-refractivity contribution in [1.29, 1.82) is 0 Å². The third-order valence-electron chi connectivity index (χ3n) is 6.21. The van der Waals surface area contributed by atoms with Gasteiger partial charge in [-0.05, 0) is 48.4 Å². The quantitative estimate of drug-likeness (QED) is 0.342. The summed E-state index contributed by atoms with van der Waals surface area (Å²) in [5, 5.41) is 0.437. The van der Waals surface area contributed by atoms with Gasteiger partial charge in [-0.25, -0.2) is 0 Å². The molecule has 1 aliphatic rings. The molecule has 0 N–H and O–H groups in total. The Morgan fingerprint density at radius 2 is 1.61 bits per heavy atom. The van der Waals surface area contributed by atoms with Crippen LogP contribution in [0.25, 0.3) is 11.0 Å². The number of ether oxygens (including phenoxy) is 5. The van der Waals surface area contributed by atoms with Crippen molar-refractivity contribution in [2.75, 3.05) is 34.6 Å². The molecule has 5 rings (SSSR count). The number of fused-ring (bicyclic) bond motifs is 3. The zero-order chi connectivity index (χ0) is 25.1. The molecule has 4 aromatic rings. The van der Waals surface area contributed by atoms with Crippen molar-refractivity contribution in [3.05, 3.63) is 82.2 Å². The molecule has 0 radical (unpaired) electrons. The Labute approximate surface area is 208 Å². The Balaban J connectivity index is 1.36. The maximum atomic E-state index is 13.2. The number of benzene rings is 3. The first-order valence-corrected chi connectivity index (χ1v) is 11.6. The monoisotopic (exact) mass is 489 g/mol. The average Bonchev–Trinajstić information content (AvgIpc) is 2.93. The normalized spacial score (nSPS) is 13.1. The first-order chi connectivity index (χ1) is 17.6. The van der Waals surface area contributed by atoms with Gasteiger partial charge in [-0.3, -0.25) is 9.69 Å². The van der Waals surface area contributed by atoms with Crippen molar-refractivity contribution in [2.24, 2.45) is 0 Å². The van der Waals surface area contributed by atoms with Gasteiger partial charge < -0.3 is 28.1 Å². The Morgan fingerprint density at radius 1 is 0.861 bits per heavy atom. The van der Waals surface area contributed by atoms with Crippen LogP contribution in [0.5, 0.6) is 34.5 Å². The van der Waals surface area contributed by atoms with Gasteiger partial charge in [0.15, 0.2) is 23.0 Å². The molecule has 0 spiro atoms. The van der Waals surface area contributed by atoms with Gasteiger partial charge in [-0.1, -0.05) is 18.2 Å². The standard InChI is InChI=1S/C28H27NO7/c1-31-22-6-4-5-7-24(22)36-26-16-34-28-19(27(26)30)9-11-21-20(28)15-29(17-35-21)13-12-18-8-10-23(32-2)25(14-18)33-3/h4-11,14,16H,12-13,15,17H2,1-3H3. The van der Waals surface area contributed by atoms with Crippen LogP contribution in [0.2, 0.25) is 0 Å². The van der Waals surface area contributed by atoms with E-state index < -0.39 is 0 Å². The summed E-state index contributed by atoms with van der Waals surface area (Å²) in [6.45, 7) is 1.80. The van der Waals surface area contributed by atoms with E-state index in [-0.39, 0.29) is 11.2 Å². The van der Waals surface area contributed by atoms with Gasteiger partial charge >= 0.3 is 0 Å². The average molecular weight is 490 g/mol. The molecule has 0 aliphatic carbocycles. The molecule has 2 heterocycles. The van der Waals surface area contributed by atoms with Gasteiger partial charge in [0.2, 0.25) is 11.2 Å². The summed E-state index contributed by atoms with van der Waals surface area (Å²) in [6.07, 6.45) is 2.14. The Morgan fingerprint density at radius 3 is 2.39 bits per heavy atom. The second-order valence-corrected chi connectivity index (χ2v) is 8.37. The van der Waals surface area contributed by atoms with Crippen molar-refractivity contribution >= 4 is 11.0 Å². The largest absolute Gasteiger partial charge is 0.493 e. The number of nitrogens with zero attached hydrogens (tertiary/aromatic N) is 1. The molecule has 3 aromatic carbocycles. The lowest BCUT2D eigenvalue weighted by molar-refractivity contribution is 0.0968. The summed E-state index contributed by atoms with van der Waals surface area (Å²) in [7, 11) is 4.80. The van der Waals surface area contributed by atoms with Crippen molar-refractivity contribution < 1.29 is 28.1 Å². The third kappa shape index (κ3) is 4.55. The van der Waals surface area contributed by atoms with Crippen molar-refractivity contribution in [2.45, 2.75) is 13.0 Å².